The van der Waals surface area contributed by atoms with Gasteiger partial charge in [-0.15, -0.1) is 0 Å². The van der Waals surface area contributed by atoms with Gasteiger partial charge in [0.25, 0.3) is 5.56 Å². The molecule has 0 spiro atoms. The Morgan fingerprint density at radius 1 is 1.21 bits per heavy atom. The molecule has 0 radical (unpaired) electrons. The van der Waals surface area contributed by atoms with Crippen molar-refractivity contribution in [2.24, 2.45) is 5.73 Å². The molecule has 0 aliphatic heterocycles. The molecule has 0 unspecified atom stereocenters. The summed E-state index contributed by atoms with van der Waals surface area (Å²) in [6.45, 7) is 2.12. The molecule has 2 aromatic heterocycles. The Hall–Kier alpha value is -3.34. The highest BCUT2D eigenvalue weighted by Gasteiger charge is 2.29. The quantitative estimate of drug-likeness (QED) is 0.560. The zero-order valence-electron chi connectivity index (χ0n) is 15.6. The smallest absolute Gasteiger partial charge is 0.277 e. The maximum Gasteiger partial charge on any atom is 0.277 e. The van der Waals surface area contributed by atoms with E-state index in [4.69, 9.17) is 5.73 Å². The highest BCUT2D eigenvalue weighted by atomic mass is 16.1. The molecule has 2 aliphatic carbocycles. The summed E-state index contributed by atoms with van der Waals surface area (Å²) in [6.07, 6.45) is 6.61. The van der Waals surface area contributed by atoms with Crippen LogP contribution in [0, 0.1) is 6.92 Å². The van der Waals surface area contributed by atoms with E-state index in [1.54, 1.807) is 6.33 Å². The molecule has 5 heteroatoms. The number of aromatic amines is 1. The van der Waals surface area contributed by atoms with Gasteiger partial charge in [0, 0.05) is 23.5 Å². The third kappa shape index (κ3) is 2.07. The van der Waals surface area contributed by atoms with Gasteiger partial charge in [-0.05, 0) is 65.8 Å². The fourth-order valence-electron chi connectivity index (χ4n) is 4.61. The van der Waals surface area contributed by atoms with E-state index >= 15 is 0 Å². The Bertz CT molecular complexity index is 1390. The van der Waals surface area contributed by atoms with Gasteiger partial charge in [-0.1, -0.05) is 18.2 Å². The lowest BCUT2D eigenvalue weighted by atomic mass is 9.94. The molecule has 4 aromatic rings. The molecule has 0 amide bonds. The van der Waals surface area contributed by atoms with E-state index < -0.39 is 0 Å². The molecule has 2 aliphatic rings. The number of nitrogens with two attached hydrogens (primary N) is 1. The van der Waals surface area contributed by atoms with E-state index in [0.717, 1.165) is 58.1 Å². The summed E-state index contributed by atoms with van der Waals surface area (Å²) in [5, 5.41) is 1.04. The molecule has 1 fully saturated rings. The van der Waals surface area contributed by atoms with Crippen molar-refractivity contribution in [1.29, 1.82) is 0 Å². The first-order valence-electron chi connectivity index (χ1n) is 9.72. The van der Waals surface area contributed by atoms with Gasteiger partial charge in [0.1, 0.15) is 11.0 Å². The van der Waals surface area contributed by atoms with Crippen molar-refractivity contribution in [2.75, 3.05) is 0 Å². The predicted molar refractivity (Wildman–Crippen MR) is 112 cm³/mol. The first kappa shape index (κ1) is 15.7. The van der Waals surface area contributed by atoms with Crippen molar-refractivity contribution in [3.05, 3.63) is 69.4 Å². The molecule has 0 bridgehead atoms. The first-order chi connectivity index (χ1) is 13.6. The lowest BCUT2D eigenvalue weighted by Gasteiger charge is -2.16. The minimum atomic E-state index is 0.0346. The number of hydrogen-bond donors (Lipinski definition) is 2. The summed E-state index contributed by atoms with van der Waals surface area (Å²) in [5.74, 6) is 0. The van der Waals surface area contributed by atoms with E-state index in [2.05, 4.69) is 53.3 Å². The fourth-order valence-corrected chi connectivity index (χ4v) is 4.61. The van der Waals surface area contributed by atoms with Crippen molar-refractivity contribution in [3.63, 3.8) is 0 Å². The lowest BCUT2D eigenvalue weighted by molar-refractivity contribution is 0.742. The van der Waals surface area contributed by atoms with Gasteiger partial charge < -0.3 is 15.3 Å². The number of rotatable bonds is 2. The number of imidazole rings is 1. The summed E-state index contributed by atoms with van der Waals surface area (Å²) in [4.78, 5) is 20.6. The monoisotopic (exact) mass is 368 g/mol. The van der Waals surface area contributed by atoms with Gasteiger partial charge in [0.2, 0.25) is 0 Å². The second-order valence-electron chi connectivity index (χ2n) is 7.98. The molecule has 2 aromatic carbocycles. The van der Waals surface area contributed by atoms with E-state index in [9.17, 15) is 4.79 Å². The molecule has 1 saturated carbocycles. The van der Waals surface area contributed by atoms with Crippen LogP contribution in [-0.2, 0) is 6.42 Å². The number of allylic oxidation sites excluding steroid dienone is 1. The van der Waals surface area contributed by atoms with Crippen LogP contribution in [0.3, 0.4) is 0 Å². The van der Waals surface area contributed by atoms with Crippen molar-refractivity contribution >= 4 is 28.0 Å². The average Bonchev–Trinajstić information content (AvgIpc) is 3.25. The highest BCUT2D eigenvalue weighted by Crippen LogP contribution is 2.40. The first-order valence-corrected chi connectivity index (χ1v) is 9.72. The number of nitrogens with one attached hydrogen (secondary N) is 1. The fraction of sp³-hybridized carbons (Fsp3) is 0.217. The number of H-pyrrole nitrogens is 1. The molecule has 0 saturated heterocycles. The highest BCUT2D eigenvalue weighted by molar-refractivity contribution is 6.05. The van der Waals surface area contributed by atoms with Crippen LogP contribution in [0.4, 0.5) is 0 Å². The van der Waals surface area contributed by atoms with Crippen LogP contribution in [0.25, 0.3) is 39.1 Å². The Balaban J connectivity index is 1.67. The minimum Gasteiger partial charge on any atom is -0.402 e. The summed E-state index contributed by atoms with van der Waals surface area (Å²) in [7, 11) is 0. The molecule has 6 rings (SSSR count). The summed E-state index contributed by atoms with van der Waals surface area (Å²) in [6, 6.07) is 11.1. The van der Waals surface area contributed by atoms with Gasteiger partial charge in [0.15, 0.2) is 0 Å². The molecule has 0 atom stereocenters. The number of aromatic nitrogens is 3. The molecule has 3 N–H and O–H groups in total. The Morgan fingerprint density at radius 3 is 2.89 bits per heavy atom. The Kier molecular flexibility index (Phi) is 3.00. The maximum atomic E-state index is 13.1. The van der Waals surface area contributed by atoms with Crippen LogP contribution in [0.5, 0.6) is 0 Å². The molecular weight excluding hydrogens is 348 g/mol. The number of fused-ring (bicyclic) bond motifs is 4. The molecule has 28 heavy (non-hydrogen) atoms. The van der Waals surface area contributed by atoms with Crippen LogP contribution >= 0.6 is 0 Å². The van der Waals surface area contributed by atoms with Crippen molar-refractivity contribution < 1.29 is 0 Å². The van der Waals surface area contributed by atoms with Crippen molar-refractivity contribution in [3.8, 4) is 11.1 Å². The Labute approximate surface area is 161 Å². The van der Waals surface area contributed by atoms with Gasteiger partial charge in [-0.25, -0.2) is 4.98 Å². The molecule has 2 heterocycles. The van der Waals surface area contributed by atoms with E-state index in [0.29, 0.717) is 11.6 Å². The van der Waals surface area contributed by atoms with Crippen molar-refractivity contribution in [2.45, 2.75) is 32.2 Å². The van der Waals surface area contributed by atoms with Crippen LogP contribution < -0.4 is 11.3 Å². The van der Waals surface area contributed by atoms with Crippen LogP contribution in [0.15, 0.2) is 47.2 Å². The maximum absolute atomic E-state index is 13.1. The minimum absolute atomic E-state index is 0.0346. The van der Waals surface area contributed by atoms with E-state index in [1.165, 1.54) is 11.1 Å². The number of aryl methyl sites for hydroxylation is 1. The predicted octanol–water partition coefficient (Wildman–Crippen LogP) is 4.04. The van der Waals surface area contributed by atoms with Crippen LogP contribution in [-0.4, -0.2) is 14.5 Å². The summed E-state index contributed by atoms with van der Waals surface area (Å²) < 4.78 is 1.99. The van der Waals surface area contributed by atoms with Gasteiger partial charge in [-0.3, -0.25) is 4.79 Å². The van der Waals surface area contributed by atoms with Crippen LogP contribution in [0.1, 0.15) is 35.6 Å². The topological polar surface area (TPSA) is 76.7 Å². The molecule has 5 nitrogen and oxygen atoms in total. The largest absolute Gasteiger partial charge is 0.402 e. The second-order valence-corrected chi connectivity index (χ2v) is 7.98. The number of nitrogens with zero attached hydrogens (tertiary/aromatic N) is 2. The summed E-state index contributed by atoms with van der Waals surface area (Å²) in [5.41, 5.74) is 15.2. The zero-order valence-corrected chi connectivity index (χ0v) is 15.6. The van der Waals surface area contributed by atoms with Crippen molar-refractivity contribution in [1.82, 2.24) is 14.5 Å². The molecular formula is C23H20N4O. The zero-order chi connectivity index (χ0) is 19.0. The number of pyridine rings is 1. The number of hydrogen-bond acceptors (Lipinski definition) is 3. The SMILES string of the molecule is Cc1c(-c2ccc3c(c2)C=C(N)C3)ccc2c3nc[nH]c3c(=O)n(C3CC3)c12. The Morgan fingerprint density at radius 2 is 2.07 bits per heavy atom. The van der Waals surface area contributed by atoms with Crippen LogP contribution in [0.2, 0.25) is 0 Å². The lowest BCUT2D eigenvalue weighted by Crippen LogP contribution is -2.20. The third-order valence-electron chi connectivity index (χ3n) is 6.10. The summed E-state index contributed by atoms with van der Waals surface area (Å²) >= 11 is 0. The van der Waals surface area contributed by atoms with Gasteiger partial charge in [0.05, 0.1) is 11.8 Å². The van der Waals surface area contributed by atoms with Gasteiger partial charge >= 0.3 is 0 Å². The van der Waals surface area contributed by atoms with E-state index in [-0.39, 0.29) is 5.56 Å². The average molecular weight is 368 g/mol. The second kappa shape index (κ2) is 5.35. The van der Waals surface area contributed by atoms with Gasteiger partial charge in [-0.2, -0.15) is 0 Å². The number of benzene rings is 2. The standard InChI is InChI=1S/C23H20N4O/c1-12-18(14-3-2-13-9-16(24)10-15(13)8-14)6-7-19-20-21(26-11-25-20)23(28)27(22(12)19)17-4-5-17/h2-3,6-8,10-11,17H,4-5,9,24H2,1H3,(H,25,26). The van der Waals surface area contributed by atoms with E-state index in [1.807, 2.05) is 4.57 Å². The normalized spacial score (nSPS) is 16.0. The molecule has 138 valence electrons. The third-order valence-corrected chi connectivity index (χ3v) is 6.10.